The van der Waals surface area contributed by atoms with Crippen molar-refractivity contribution in [2.45, 2.75) is 0 Å². The summed E-state index contributed by atoms with van der Waals surface area (Å²) in [6.07, 6.45) is 0. The predicted octanol–water partition coefficient (Wildman–Crippen LogP) is 2.90. The summed E-state index contributed by atoms with van der Waals surface area (Å²) in [4.78, 5) is 14.8. The molecule has 0 fully saturated rings. The molecule has 0 aliphatic rings. The van der Waals surface area contributed by atoms with E-state index in [0.717, 1.165) is 5.69 Å². The van der Waals surface area contributed by atoms with Crippen LogP contribution in [-0.2, 0) is 0 Å². The lowest BCUT2D eigenvalue weighted by Crippen LogP contribution is -2.04. The van der Waals surface area contributed by atoms with Crippen molar-refractivity contribution in [1.29, 1.82) is 0 Å². The molecule has 0 amide bonds. The van der Waals surface area contributed by atoms with Crippen LogP contribution in [0.1, 0.15) is 0 Å². The molecule has 0 saturated heterocycles. The van der Waals surface area contributed by atoms with Gasteiger partial charge in [0.15, 0.2) is 5.13 Å². The van der Waals surface area contributed by atoms with Gasteiger partial charge in [-0.1, -0.05) is 11.6 Å². The summed E-state index contributed by atoms with van der Waals surface area (Å²) in [5.41, 5.74) is 0.610. The number of nitrogens with one attached hydrogen (secondary N) is 1. The van der Waals surface area contributed by atoms with Crippen molar-refractivity contribution < 1.29 is 0 Å². The van der Waals surface area contributed by atoms with E-state index in [-0.39, 0.29) is 5.56 Å². The third kappa shape index (κ3) is 2.78. The van der Waals surface area contributed by atoms with Gasteiger partial charge >= 0.3 is 0 Å². The van der Waals surface area contributed by atoms with E-state index >= 15 is 0 Å². The minimum absolute atomic E-state index is 0.245. The lowest BCUT2D eigenvalue weighted by molar-refractivity contribution is 1.27. The summed E-state index contributed by atoms with van der Waals surface area (Å²) in [6, 6.07) is 8.63. The first-order valence-corrected chi connectivity index (χ1v) is 5.48. The maximum Gasteiger partial charge on any atom is 0.273 e. The van der Waals surface area contributed by atoms with Gasteiger partial charge in [0, 0.05) is 16.8 Å². The summed E-state index contributed by atoms with van der Waals surface area (Å²) < 4.78 is 0. The van der Waals surface area contributed by atoms with Crippen molar-refractivity contribution in [2.24, 2.45) is 0 Å². The number of hydrogen-bond acceptors (Lipinski definition) is 4. The molecule has 76 valence electrons. The van der Waals surface area contributed by atoms with Crippen LogP contribution in [0.2, 0.25) is 5.02 Å². The molecule has 5 heteroatoms. The summed E-state index contributed by atoms with van der Waals surface area (Å²) in [5.74, 6) is 0. The molecule has 0 radical (unpaired) electrons. The smallest absolute Gasteiger partial charge is 0.273 e. The molecule has 1 aromatic carbocycles. The molecule has 1 aromatic heterocycles. The van der Waals surface area contributed by atoms with E-state index in [1.807, 2.05) is 12.1 Å². The molecule has 1 N–H and O–H groups in total. The molecule has 0 aliphatic heterocycles. The van der Waals surface area contributed by atoms with E-state index in [0.29, 0.717) is 10.2 Å². The van der Waals surface area contributed by atoms with Gasteiger partial charge in [-0.15, -0.1) is 11.3 Å². The normalized spacial score (nSPS) is 9.93. The zero-order valence-corrected chi connectivity index (χ0v) is 9.18. The highest BCUT2D eigenvalue weighted by Gasteiger charge is 1.96. The van der Waals surface area contributed by atoms with E-state index < -0.39 is 0 Å². The Morgan fingerprint density at radius 1 is 1.20 bits per heavy atom. The third-order valence-corrected chi connectivity index (χ3v) is 2.64. The van der Waals surface area contributed by atoms with Crippen molar-refractivity contribution in [3.63, 3.8) is 0 Å². The quantitative estimate of drug-likeness (QED) is 0.875. The summed E-state index contributed by atoms with van der Waals surface area (Å²) >= 11 is 7.12. The number of benzene rings is 1. The van der Waals surface area contributed by atoms with Gasteiger partial charge in [0.2, 0.25) is 0 Å². The maximum absolute atomic E-state index is 11.0. The molecule has 0 atom stereocenters. The average molecular weight is 239 g/mol. The fraction of sp³-hybridized carbons (Fsp3) is 0. The lowest BCUT2D eigenvalue weighted by Gasteiger charge is -2.02. The minimum atomic E-state index is -0.245. The number of rotatable bonds is 2. The molecule has 0 spiro atoms. The predicted molar refractivity (Wildman–Crippen MR) is 63.1 cm³/mol. The number of hydrogen-bond donors (Lipinski definition) is 1. The Balaban J connectivity index is 2.22. The Kier molecular flexibility index (Phi) is 2.99. The molecule has 15 heavy (non-hydrogen) atoms. The van der Waals surface area contributed by atoms with Crippen LogP contribution in [0, 0.1) is 0 Å². The number of aromatic nitrogens is 1. The molecule has 0 unspecified atom stereocenters. The summed E-state index contributed by atoms with van der Waals surface area (Å²) in [5, 5.41) is 5.97. The van der Waals surface area contributed by atoms with Gasteiger partial charge in [0.05, 0.1) is 0 Å². The van der Waals surface area contributed by atoms with Crippen LogP contribution in [0.25, 0.3) is 0 Å². The van der Waals surface area contributed by atoms with Gasteiger partial charge in [0.1, 0.15) is 0 Å². The third-order valence-electron chi connectivity index (χ3n) is 1.70. The van der Waals surface area contributed by atoms with Crippen LogP contribution in [0.15, 0.2) is 40.5 Å². The summed E-state index contributed by atoms with van der Waals surface area (Å²) in [6.45, 7) is 0. The van der Waals surface area contributed by atoms with Crippen LogP contribution < -0.4 is 10.9 Å². The van der Waals surface area contributed by atoms with Gasteiger partial charge in [0.25, 0.3) is 5.56 Å². The van der Waals surface area contributed by atoms with Crippen molar-refractivity contribution in [2.75, 3.05) is 5.32 Å². The Morgan fingerprint density at radius 3 is 2.60 bits per heavy atom. The first-order valence-electron chi connectivity index (χ1n) is 4.22. The maximum atomic E-state index is 11.0. The SMILES string of the molecule is O=c1ccsc(Nc2ccc(Cl)cc2)n1. The van der Waals surface area contributed by atoms with Crippen LogP contribution in [0.3, 0.4) is 0 Å². The highest BCUT2D eigenvalue weighted by molar-refractivity contribution is 7.13. The Labute approximate surface area is 95.4 Å². The average Bonchev–Trinajstić information content (AvgIpc) is 2.22. The van der Waals surface area contributed by atoms with Crippen molar-refractivity contribution in [3.05, 3.63) is 51.1 Å². The van der Waals surface area contributed by atoms with E-state index in [1.54, 1.807) is 17.5 Å². The van der Waals surface area contributed by atoms with Crippen LogP contribution in [0.5, 0.6) is 0 Å². The van der Waals surface area contributed by atoms with E-state index in [9.17, 15) is 4.79 Å². The zero-order chi connectivity index (χ0) is 10.7. The monoisotopic (exact) mass is 238 g/mol. The molecule has 0 bridgehead atoms. The van der Waals surface area contributed by atoms with Gasteiger partial charge in [-0.25, -0.2) is 0 Å². The largest absolute Gasteiger partial charge is 0.331 e. The van der Waals surface area contributed by atoms with Gasteiger partial charge < -0.3 is 5.32 Å². The van der Waals surface area contributed by atoms with E-state index in [2.05, 4.69) is 10.3 Å². The number of nitrogens with zero attached hydrogens (tertiary/aromatic N) is 1. The summed E-state index contributed by atoms with van der Waals surface area (Å²) in [7, 11) is 0. The highest BCUT2D eigenvalue weighted by atomic mass is 35.5. The van der Waals surface area contributed by atoms with Crippen molar-refractivity contribution >= 4 is 33.8 Å². The minimum Gasteiger partial charge on any atom is -0.331 e. The van der Waals surface area contributed by atoms with Gasteiger partial charge in [-0.2, -0.15) is 4.98 Å². The van der Waals surface area contributed by atoms with Crippen LogP contribution >= 0.6 is 22.9 Å². The molecule has 2 rings (SSSR count). The number of halogens is 1. The van der Waals surface area contributed by atoms with Gasteiger partial charge in [-0.3, -0.25) is 4.79 Å². The highest BCUT2D eigenvalue weighted by Crippen LogP contribution is 2.18. The molecular formula is C10H7ClN2OS. The van der Waals surface area contributed by atoms with E-state index in [4.69, 9.17) is 11.6 Å². The second kappa shape index (κ2) is 4.42. The molecule has 2 aromatic rings. The second-order valence-electron chi connectivity index (χ2n) is 2.81. The molecule has 0 aliphatic carbocycles. The fourth-order valence-electron chi connectivity index (χ4n) is 1.03. The first-order chi connectivity index (χ1) is 7.24. The van der Waals surface area contributed by atoms with E-state index in [1.165, 1.54) is 17.4 Å². The van der Waals surface area contributed by atoms with Crippen molar-refractivity contribution in [3.8, 4) is 0 Å². The van der Waals surface area contributed by atoms with Crippen molar-refractivity contribution in [1.82, 2.24) is 4.98 Å². The molecule has 3 nitrogen and oxygen atoms in total. The second-order valence-corrected chi connectivity index (χ2v) is 4.14. The lowest BCUT2D eigenvalue weighted by atomic mass is 10.3. The topological polar surface area (TPSA) is 42.0 Å². The first kappa shape index (κ1) is 10.1. The van der Waals surface area contributed by atoms with Crippen LogP contribution in [-0.4, -0.2) is 4.98 Å². The fourth-order valence-corrected chi connectivity index (χ4v) is 1.79. The Hall–Kier alpha value is -1.39. The Morgan fingerprint density at radius 2 is 1.93 bits per heavy atom. The number of anilines is 2. The standard InChI is InChI=1S/C10H7ClN2OS/c11-7-1-3-8(4-2-7)12-10-13-9(14)5-6-15-10/h1-6H,(H,12,13,14). The zero-order valence-electron chi connectivity index (χ0n) is 7.61. The molecule has 1 heterocycles. The molecular weight excluding hydrogens is 232 g/mol. The Bertz CT molecular complexity index is 509. The van der Waals surface area contributed by atoms with Gasteiger partial charge in [-0.05, 0) is 29.6 Å². The molecule has 0 saturated carbocycles. The van der Waals surface area contributed by atoms with Crippen LogP contribution in [0.4, 0.5) is 10.8 Å².